The zero-order chi connectivity index (χ0) is 32.8. The van der Waals surface area contributed by atoms with E-state index < -0.39 is 31.5 Å². The van der Waals surface area contributed by atoms with Crippen LogP contribution >= 0.6 is 18.9 Å². The molecular formula is C33H35FN5O6PS. The molecule has 1 unspecified atom stereocenters. The van der Waals surface area contributed by atoms with Crippen LogP contribution in [0.5, 0.6) is 0 Å². The molecule has 1 aliphatic carbocycles. The van der Waals surface area contributed by atoms with E-state index in [1.165, 1.54) is 18.2 Å². The van der Waals surface area contributed by atoms with Gasteiger partial charge in [-0.25, -0.2) is 4.39 Å². The summed E-state index contributed by atoms with van der Waals surface area (Å²) in [4.78, 5) is 68.5. The third-order valence-corrected chi connectivity index (χ3v) is 12.6. The summed E-state index contributed by atoms with van der Waals surface area (Å²) in [6, 6.07) is 6.40. The first-order valence-corrected chi connectivity index (χ1v) is 18.5. The number of hydrogen-bond acceptors (Lipinski definition) is 6. The number of aromatic nitrogens is 2. The average molecular weight is 680 g/mol. The molecule has 11 nitrogen and oxygen atoms in total. The minimum absolute atomic E-state index is 0.0324. The summed E-state index contributed by atoms with van der Waals surface area (Å²) < 4.78 is 28.5. The van der Waals surface area contributed by atoms with E-state index >= 15 is 0 Å². The van der Waals surface area contributed by atoms with Crippen LogP contribution in [0.1, 0.15) is 64.7 Å². The predicted octanol–water partition coefficient (Wildman–Crippen LogP) is 4.45. The first-order valence-electron chi connectivity index (χ1n) is 16.0. The normalized spacial score (nSPS) is 26.8. The van der Waals surface area contributed by atoms with Gasteiger partial charge in [0.15, 0.2) is 0 Å². The van der Waals surface area contributed by atoms with Crippen LogP contribution in [0.3, 0.4) is 0 Å². The van der Waals surface area contributed by atoms with Crippen molar-refractivity contribution in [3.63, 3.8) is 0 Å². The molecule has 0 radical (unpaired) electrons. The molecule has 3 aliphatic heterocycles. The molecule has 0 bridgehead atoms. The van der Waals surface area contributed by atoms with Crippen LogP contribution in [-0.4, -0.2) is 78.1 Å². The van der Waals surface area contributed by atoms with Crippen LogP contribution in [0.15, 0.2) is 48.9 Å². The number of alkyl halides is 1. The Bertz CT molecular complexity index is 1990. The molecule has 14 heteroatoms. The summed E-state index contributed by atoms with van der Waals surface area (Å²) in [5, 5.41) is 4.51. The molecule has 47 heavy (non-hydrogen) atoms. The summed E-state index contributed by atoms with van der Waals surface area (Å²) in [5.74, 6) is -2.15. The largest absolute Gasteiger partial charge is 0.363 e. The quantitative estimate of drug-likeness (QED) is 0.256. The Kier molecular flexibility index (Phi) is 7.32. The van der Waals surface area contributed by atoms with Gasteiger partial charge in [-0.05, 0) is 79.2 Å². The number of hydrogen-bond donors (Lipinski definition) is 3. The Morgan fingerprint density at radius 1 is 1.06 bits per heavy atom. The third-order valence-electron chi connectivity index (χ3n) is 10.6. The van der Waals surface area contributed by atoms with Gasteiger partial charge >= 0.3 is 7.60 Å². The molecule has 1 aromatic carbocycles. The van der Waals surface area contributed by atoms with Crippen molar-refractivity contribution < 1.29 is 33.1 Å². The highest BCUT2D eigenvalue weighted by molar-refractivity contribution is 7.51. The molecule has 0 spiro atoms. The summed E-state index contributed by atoms with van der Waals surface area (Å²) >= 11 is 1.16. The van der Waals surface area contributed by atoms with Crippen molar-refractivity contribution in [2.45, 2.75) is 62.1 Å². The van der Waals surface area contributed by atoms with Crippen molar-refractivity contribution in [1.82, 2.24) is 24.7 Å². The number of likely N-dealkylation sites (tertiary alicyclic amines) is 1. The third kappa shape index (κ3) is 5.37. The topological polar surface area (TPSA) is 145 Å². The predicted molar refractivity (Wildman–Crippen MR) is 173 cm³/mol. The molecule has 6 atom stereocenters. The first-order chi connectivity index (χ1) is 22.5. The standard InChI is InChI=1S/C33H35FN5O6PS/c1-37-7-6-18-13-35-14-24(29(18)37)22-15-38(16-22)33(42)26-4-3-23-10-19-9-20(19)11-25(32(41)39(23)26)36-31(40)28-12-21-8-17(2-5-27(21)47-28)30(34)46(43,44)45/h2,5-8,12-14,19-20,22-23,25-26,30H,3-4,9-11,15-16H2,1H3,(H,36,40)(H2,43,44,45)/t19-,20+,23-,25?,26+,30+/m1/s1. The minimum atomic E-state index is -4.98. The van der Waals surface area contributed by atoms with E-state index in [0.717, 1.165) is 47.1 Å². The van der Waals surface area contributed by atoms with E-state index in [2.05, 4.69) is 14.9 Å². The van der Waals surface area contributed by atoms with Gasteiger partial charge in [0, 0.05) is 66.3 Å². The second-order valence-corrected chi connectivity index (χ2v) is 16.3. The molecule has 3 aromatic heterocycles. The van der Waals surface area contributed by atoms with Gasteiger partial charge in [-0.1, -0.05) is 6.07 Å². The van der Waals surface area contributed by atoms with E-state index in [9.17, 15) is 33.1 Å². The fourth-order valence-electron chi connectivity index (χ4n) is 8.02. The van der Waals surface area contributed by atoms with Crippen LogP contribution in [0.2, 0.25) is 0 Å². The maximum Gasteiger partial charge on any atom is 0.363 e. The Balaban J connectivity index is 0.985. The number of thiophene rings is 1. The van der Waals surface area contributed by atoms with Gasteiger partial charge in [0.05, 0.1) is 10.4 Å². The summed E-state index contributed by atoms with van der Waals surface area (Å²) in [5.41, 5.74) is 2.09. The molecule has 4 fully saturated rings. The Hall–Kier alpha value is -3.64. The lowest BCUT2D eigenvalue weighted by Crippen LogP contribution is -2.59. The molecule has 6 heterocycles. The monoisotopic (exact) mass is 679 g/mol. The molecule has 4 aromatic rings. The van der Waals surface area contributed by atoms with Crippen molar-refractivity contribution in [3.8, 4) is 0 Å². The van der Waals surface area contributed by atoms with Crippen molar-refractivity contribution in [2.24, 2.45) is 18.9 Å². The van der Waals surface area contributed by atoms with E-state index in [1.807, 2.05) is 36.6 Å². The number of nitrogens with zero attached hydrogens (tertiary/aromatic N) is 4. The van der Waals surface area contributed by atoms with E-state index in [-0.39, 0.29) is 29.3 Å². The van der Waals surface area contributed by atoms with Crippen molar-refractivity contribution >= 4 is 57.6 Å². The molecule has 3 amide bonds. The number of nitrogens with one attached hydrogen (secondary N) is 1. The van der Waals surface area contributed by atoms with E-state index in [1.54, 1.807) is 11.0 Å². The van der Waals surface area contributed by atoms with Gasteiger partial charge in [-0.15, -0.1) is 11.3 Å². The van der Waals surface area contributed by atoms with Crippen LogP contribution in [0.25, 0.3) is 21.0 Å². The maximum absolute atomic E-state index is 14.3. The van der Waals surface area contributed by atoms with Crippen LogP contribution in [-0.2, 0) is 21.2 Å². The summed E-state index contributed by atoms with van der Waals surface area (Å²) in [6.07, 6.45) is 9.51. The smallest absolute Gasteiger partial charge is 0.350 e. The number of carbonyl (C=O) groups excluding carboxylic acids is 3. The first kappa shape index (κ1) is 30.7. The number of aryl methyl sites for hydroxylation is 1. The molecule has 4 aliphatic rings. The lowest BCUT2D eigenvalue weighted by Gasteiger charge is -2.43. The van der Waals surface area contributed by atoms with Gasteiger partial charge < -0.3 is 29.5 Å². The highest BCUT2D eigenvalue weighted by Crippen LogP contribution is 2.53. The van der Waals surface area contributed by atoms with Gasteiger partial charge in [-0.3, -0.25) is 23.9 Å². The number of halogens is 1. The second-order valence-electron chi connectivity index (χ2n) is 13.6. The summed E-state index contributed by atoms with van der Waals surface area (Å²) in [6.45, 7) is 1.15. The molecule has 3 saturated heterocycles. The van der Waals surface area contributed by atoms with Gasteiger partial charge in [0.25, 0.3) is 5.91 Å². The Morgan fingerprint density at radius 2 is 1.85 bits per heavy atom. The minimum Gasteiger partial charge on any atom is -0.350 e. The average Bonchev–Trinajstić information content (AvgIpc) is 3.33. The van der Waals surface area contributed by atoms with Crippen molar-refractivity contribution in [1.29, 1.82) is 0 Å². The summed E-state index contributed by atoms with van der Waals surface area (Å²) in [7, 11) is -2.97. The fraction of sp³-hybridized carbons (Fsp3) is 0.455. The van der Waals surface area contributed by atoms with E-state index in [4.69, 9.17) is 0 Å². The highest BCUT2D eigenvalue weighted by atomic mass is 32.1. The zero-order valence-corrected chi connectivity index (χ0v) is 27.4. The molecular weight excluding hydrogens is 644 g/mol. The Labute approximate surface area is 273 Å². The number of rotatable bonds is 6. The SMILES string of the molecule is Cn1ccc2cncc(C3CN(C(=O)[C@@H]4CC[C@@H]5C[C@H]6C[C@H]6CC(NC(=O)c6cc7cc([C@@H](F)P(=O)(O)O)ccc7s6)C(=O)N54)C3)c21. The molecule has 8 rings (SSSR count). The molecule has 1 saturated carbocycles. The molecule has 3 N–H and O–H groups in total. The van der Waals surface area contributed by atoms with Gasteiger partial charge in [-0.2, -0.15) is 0 Å². The lowest BCUT2D eigenvalue weighted by molar-refractivity contribution is -0.149. The van der Waals surface area contributed by atoms with Crippen molar-refractivity contribution in [2.75, 3.05) is 13.1 Å². The van der Waals surface area contributed by atoms with Crippen LogP contribution in [0, 0.1) is 11.8 Å². The highest BCUT2D eigenvalue weighted by Gasteiger charge is 2.52. The number of benzene rings is 1. The number of amides is 3. The van der Waals surface area contributed by atoms with Crippen LogP contribution in [0.4, 0.5) is 4.39 Å². The van der Waals surface area contributed by atoms with Crippen molar-refractivity contribution in [3.05, 3.63) is 64.9 Å². The fourth-order valence-corrected chi connectivity index (χ4v) is 9.52. The van der Waals surface area contributed by atoms with Gasteiger partial charge in [0.2, 0.25) is 17.7 Å². The maximum atomic E-state index is 14.3. The van der Waals surface area contributed by atoms with Crippen LogP contribution < -0.4 is 5.32 Å². The van der Waals surface area contributed by atoms with Gasteiger partial charge in [0.1, 0.15) is 12.1 Å². The number of carbonyl (C=O) groups is 3. The second kappa shape index (κ2) is 11.2. The zero-order valence-electron chi connectivity index (χ0n) is 25.7. The number of pyridine rings is 1. The Morgan fingerprint density at radius 3 is 2.64 bits per heavy atom. The number of fused-ring (bicyclic) bond motifs is 4. The molecule has 246 valence electrons. The lowest BCUT2D eigenvalue weighted by atomic mass is 9.90. The van der Waals surface area contributed by atoms with E-state index in [0.29, 0.717) is 52.7 Å².